The number of hydrogen-bond acceptors (Lipinski definition) is 4. The molecule has 0 amide bonds. The van der Waals surface area contributed by atoms with Crippen LogP contribution in [-0.4, -0.2) is 48.1 Å². The number of benzene rings is 1. The molecule has 1 heterocycles. The van der Waals surface area contributed by atoms with Crippen molar-refractivity contribution in [3.8, 4) is 0 Å². The lowest BCUT2D eigenvalue weighted by Gasteiger charge is -2.25. The molecule has 1 aromatic rings. The lowest BCUT2D eigenvalue weighted by Crippen LogP contribution is -2.41. The quantitative estimate of drug-likeness (QED) is 0.888. The van der Waals surface area contributed by atoms with Gasteiger partial charge < -0.3 is 5.32 Å². The zero-order valence-corrected chi connectivity index (χ0v) is 13.2. The van der Waals surface area contributed by atoms with Crippen molar-refractivity contribution in [2.24, 2.45) is 0 Å². The van der Waals surface area contributed by atoms with Gasteiger partial charge in [-0.1, -0.05) is 6.92 Å². The van der Waals surface area contributed by atoms with Gasteiger partial charge in [0.1, 0.15) is 0 Å². The molecule has 2 rings (SSSR count). The van der Waals surface area contributed by atoms with Crippen molar-refractivity contribution in [3.63, 3.8) is 0 Å². The summed E-state index contributed by atoms with van der Waals surface area (Å²) in [4.78, 5) is 0.298. The molecule has 0 spiro atoms. The van der Waals surface area contributed by atoms with Gasteiger partial charge in [0.05, 0.1) is 4.90 Å². The summed E-state index contributed by atoms with van der Waals surface area (Å²) in [5, 5.41) is 3.21. The van der Waals surface area contributed by atoms with E-state index in [2.05, 4.69) is 12.2 Å². The number of hydrogen-bond donors (Lipinski definition) is 1. The average Bonchev–Trinajstić information content (AvgIpc) is 2.46. The number of sulfonamides is 1. The fraction of sp³-hybridized carbons (Fsp3) is 0.538. The SMILES string of the molecule is CCCNc1ccc(S(=O)(=O)N2CCS(=O)CC2)cc1. The summed E-state index contributed by atoms with van der Waals surface area (Å²) >= 11 is 0. The van der Waals surface area contributed by atoms with E-state index in [1.165, 1.54) is 4.31 Å². The number of anilines is 1. The van der Waals surface area contributed by atoms with Crippen LogP contribution in [0.1, 0.15) is 13.3 Å². The Hall–Kier alpha value is -0.920. The molecule has 1 saturated heterocycles. The smallest absolute Gasteiger partial charge is 0.243 e. The van der Waals surface area contributed by atoms with E-state index in [1.807, 2.05) is 0 Å². The summed E-state index contributed by atoms with van der Waals surface area (Å²) in [5.41, 5.74) is 0.922. The third-order valence-electron chi connectivity index (χ3n) is 3.21. The minimum atomic E-state index is -3.45. The highest BCUT2D eigenvalue weighted by Gasteiger charge is 2.27. The van der Waals surface area contributed by atoms with Gasteiger partial charge in [-0.05, 0) is 30.7 Å². The second kappa shape index (κ2) is 6.69. The minimum Gasteiger partial charge on any atom is -0.385 e. The van der Waals surface area contributed by atoms with Crippen LogP contribution in [0.2, 0.25) is 0 Å². The Morgan fingerprint density at radius 3 is 2.35 bits per heavy atom. The second-order valence-corrected chi connectivity index (χ2v) is 8.34. The maximum Gasteiger partial charge on any atom is 0.243 e. The molecule has 1 aliphatic rings. The maximum atomic E-state index is 12.4. The van der Waals surface area contributed by atoms with Gasteiger partial charge in [-0.3, -0.25) is 4.21 Å². The summed E-state index contributed by atoms with van der Waals surface area (Å²) in [6, 6.07) is 6.81. The van der Waals surface area contributed by atoms with Crippen LogP contribution >= 0.6 is 0 Å². The third kappa shape index (κ3) is 3.59. The Morgan fingerprint density at radius 2 is 1.80 bits per heavy atom. The lowest BCUT2D eigenvalue weighted by atomic mass is 10.3. The van der Waals surface area contributed by atoms with Crippen molar-refractivity contribution in [2.45, 2.75) is 18.2 Å². The van der Waals surface area contributed by atoms with Crippen LogP contribution < -0.4 is 5.32 Å². The van der Waals surface area contributed by atoms with Gasteiger partial charge in [0.2, 0.25) is 10.0 Å². The summed E-state index contributed by atoms with van der Waals surface area (Å²) < 4.78 is 37.6. The molecule has 1 aliphatic heterocycles. The summed E-state index contributed by atoms with van der Waals surface area (Å²) in [6.45, 7) is 3.62. The highest BCUT2D eigenvalue weighted by Crippen LogP contribution is 2.19. The van der Waals surface area contributed by atoms with E-state index in [0.717, 1.165) is 18.7 Å². The van der Waals surface area contributed by atoms with Gasteiger partial charge in [0, 0.05) is 47.6 Å². The van der Waals surface area contributed by atoms with Crippen LogP contribution in [0, 0.1) is 0 Å². The first kappa shape index (κ1) is 15.5. The molecular formula is C13H20N2O3S2. The van der Waals surface area contributed by atoms with E-state index in [-0.39, 0.29) is 0 Å². The van der Waals surface area contributed by atoms with Crippen LogP contribution in [0.4, 0.5) is 5.69 Å². The fourth-order valence-corrected chi connectivity index (χ4v) is 4.75. The predicted molar refractivity (Wildman–Crippen MR) is 81.9 cm³/mol. The van der Waals surface area contributed by atoms with E-state index >= 15 is 0 Å². The molecule has 20 heavy (non-hydrogen) atoms. The molecule has 0 unspecified atom stereocenters. The molecule has 1 aromatic carbocycles. The molecule has 0 atom stereocenters. The standard InChI is InChI=1S/C13H20N2O3S2/c1-2-7-14-12-3-5-13(6-4-12)20(17,18)15-8-10-19(16)11-9-15/h3-6,14H,2,7-11H2,1H3. The van der Waals surface area contributed by atoms with Crippen LogP contribution in [0.5, 0.6) is 0 Å². The Labute approximate surface area is 122 Å². The molecule has 0 saturated carbocycles. The molecule has 1 fully saturated rings. The van der Waals surface area contributed by atoms with Crippen LogP contribution in [0.15, 0.2) is 29.2 Å². The van der Waals surface area contributed by atoms with Crippen LogP contribution in [0.25, 0.3) is 0 Å². The maximum absolute atomic E-state index is 12.4. The van der Waals surface area contributed by atoms with E-state index in [1.54, 1.807) is 24.3 Å². The number of rotatable bonds is 5. The second-order valence-electron chi connectivity index (χ2n) is 4.70. The van der Waals surface area contributed by atoms with Crippen molar-refractivity contribution >= 4 is 26.5 Å². The van der Waals surface area contributed by atoms with E-state index < -0.39 is 20.8 Å². The fourth-order valence-electron chi connectivity index (χ4n) is 2.02. The van der Waals surface area contributed by atoms with Crippen molar-refractivity contribution in [1.82, 2.24) is 4.31 Å². The predicted octanol–water partition coefficient (Wildman–Crippen LogP) is 1.26. The Morgan fingerprint density at radius 1 is 1.20 bits per heavy atom. The Kier molecular flexibility index (Phi) is 5.17. The highest BCUT2D eigenvalue weighted by atomic mass is 32.2. The molecule has 0 aliphatic carbocycles. The van der Waals surface area contributed by atoms with Crippen molar-refractivity contribution in [3.05, 3.63) is 24.3 Å². The molecular weight excluding hydrogens is 296 g/mol. The molecule has 7 heteroatoms. The van der Waals surface area contributed by atoms with Crippen molar-refractivity contribution < 1.29 is 12.6 Å². The molecule has 0 radical (unpaired) electrons. The number of nitrogens with zero attached hydrogens (tertiary/aromatic N) is 1. The zero-order chi connectivity index (χ0) is 14.6. The van der Waals surface area contributed by atoms with Gasteiger partial charge in [0.15, 0.2) is 0 Å². The third-order valence-corrected chi connectivity index (χ3v) is 6.40. The Balaban J connectivity index is 2.11. The largest absolute Gasteiger partial charge is 0.385 e. The van der Waals surface area contributed by atoms with Gasteiger partial charge in [-0.2, -0.15) is 4.31 Å². The first-order chi connectivity index (χ1) is 9.54. The van der Waals surface area contributed by atoms with Crippen molar-refractivity contribution in [2.75, 3.05) is 36.5 Å². The molecule has 1 N–H and O–H groups in total. The highest BCUT2D eigenvalue weighted by molar-refractivity contribution is 7.89. The first-order valence-corrected chi connectivity index (χ1v) is 9.66. The van der Waals surface area contributed by atoms with Crippen molar-refractivity contribution in [1.29, 1.82) is 0 Å². The molecule has 0 aromatic heterocycles. The van der Waals surface area contributed by atoms with E-state index in [0.29, 0.717) is 29.5 Å². The van der Waals surface area contributed by atoms with Crippen LogP contribution in [0.3, 0.4) is 0 Å². The molecule has 112 valence electrons. The summed E-state index contributed by atoms with van der Waals surface area (Å²) in [5.74, 6) is 0.852. The van der Waals surface area contributed by atoms with E-state index in [4.69, 9.17) is 0 Å². The zero-order valence-electron chi connectivity index (χ0n) is 11.5. The first-order valence-electron chi connectivity index (χ1n) is 6.73. The topological polar surface area (TPSA) is 66.5 Å². The monoisotopic (exact) mass is 316 g/mol. The summed E-state index contributed by atoms with van der Waals surface area (Å²) in [6.07, 6.45) is 1.02. The number of nitrogens with one attached hydrogen (secondary N) is 1. The van der Waals surface area contributed by atoms with Gasteiger partial charge in [-0.25, -0.2) is 8.42 Å². The normalized spacial score (nSPS) is 18.1. The van der Waals surface area contributed by atoms with Gasteiger partial charge in [0.25, 0.3) is 0 Å². The molecule has 5 nitrogen and oxygen atoms in total. The van der Waals surface area contributed by atoms with E-state index in [9.17, 15) is 12.6 Å². The summed E-state index contributed by atoms with van der Waals surface area (Å²) in [7, 11) is -4.33. The van der Waals surface area contributed by atoms with Gasteiger partial charge in [-0.15, -0.1) is 0 Å². The minimum absolute atomic E-state index is 0.298. The average molecular weight is 316 g/mol. The Bertz CT molecular complexity index is 560. The lowest BCUT2D eigenvalue weighted by molar-refractivity contribution is 0.439. The van der Waals surface area contributed by atoms with Crippen LogP contribution in [-0.2, 0) is 20.8 Å². The molecule has 0 bridgehead atoms. The van der Waals surface area contributed by atoms with Gasteiger partial charge >= 0.3 is 0 Å².